The molecule has 218 valence electrons. The van der Waals surface area contributed by atoms with Crippen LogP contribution in [0, 0.1) is 0 Å². The van der Waals surface area contributed by atoms with Crippen LogP contribution in [0.2, 0.25) is 0 Å². The van der Waals surface area contributed by atoms with E-state index < -0.39 is 24.9 Å². The van der Waals surface area contributed by atoms with Gasteiger partial charge in [-0.15, -0.1) is 0 Å². The molecule has 40 heavy (non-hydrogen) atoms. The average molecular weight is 722 g/mol. The smallest absolute Gasteiger partial charge is 0.187 e. The number of nitrogens with zero attached hydrogens (tertiary/aromatic N) is 2. The second kappa shape index (κ2) is 17.4. The molecule has 0 aliphatic heterocycles. The highest BCUT2D eigenvalue weighted by Crippen LogP contribution is 2.26. The summed E-state index contributed by atoms with van der Waals surface area (Å²) in [5.74, 6) is 1.39. The Morgan fingerprint density at radius 2 is 1.40 bits per heavy atom. The van der Waals surface area contributed by atoms with Gasteiger partial charge in [-0.05, 0) is 91.7 Å². The first kappa shape index (κ1) is 33.8. The fourth-order valence-corrected chi connectivity index (χ4v) is 4.44. The largest absolute Gasteiger partial charge is 0.496 e. The number of methoxy groups -OCH3 is 2. The third kappa shape index (κ3) is 10.9. The summed E-state index contributed by atoms with van der Waals surface area (Å²) in [6, 6.07) is 11.1. The van der Waals surface area contributed by atoms with Gasteiger partial charge in [0, 0.05) is 13.1 Å². The maximum Gasteiger partial charge on any atom is 0.187 e. The van der Waals surface area contributed by atoms with Crippen molar-refractivity contribution >= 4 is 78.4 Å². The Hall–Kier alpha value is -2.44. The number of nitrogens with one attached hydrogen (secondary N) is 4. The van der Waals surface area contributed by atoms with Crippen molar-refractivity contribution < 1.29 is 29.9 Å². The van der Waals surface area contributed by atoms with E-state index in [-0.39, 0.29) is 15.9 Å². The van der Waals surface area contributed by atoms with E-state index in [9.17, 15) is 15.3 Å². The molecule has 0 radical (unpaired) electrons. The predicted molar refractivity (Wildman–Crippen MR) is 168 cm³/mol. The molecule has 0 aromatic heterocycles. The van der Waals surface area contributed by atoms with Crippen LogP contribution in [0.4, 0.5) is 0 Å². The molecule has 12 nitrogen and oxygen atoms in total. The molecule has 2 aromatic carbocycles. The zero-order valence-electron chi connectivity index (χ0n) is 21.5. The molecule has 0 aliphatic rings. The molecule has 0 saturated heterocycles. The summed E-state index contributed by atoms with van der Waals surface area (Å²) in [5.41, 5.74) is 6.76. The molecule has 0 unspecified atom stereocenters. The molecule has 0 heterocycles. The van der Waals surface area contributed by atoms with Gasteiger partial charge in [-0.2, -0.15) is 10.2 Å². The molecule has 8 N–H and O–H groups in total. The quantitative estimate of drug-likeness (QED) is 0.0848. The van der Waals surface area contributed by atoms with Crippen molar-refractivity contribution in [3.05, 3.63) is 56.5 Å². The predicted octanol–water partition coefficient (Wildman–Crippen LogP) is 1.27. The van der Waals surface area contributed by atoms with Crippen molar-refractivity contribution in [1.82, 2.24) is 21.5 Å². The zero-order chi connectivity index (χ0) is 29.7. The lowest BCUT2D eigenvalue weighted by molar-refractivity contribution is -0.0549. The van der Waals surface area contributed by atoms with Gasteiger partial charge in [-0.1, -0.05) is 12.1 Å². The van der Waals surface area contributed by atoms with E-state index in [0.29, 0.717) is 24.6 Å². The SMILES string of the molecule is COc1ccc(CNC(=S)NN=C(/C=N\NC(=S)NCc2ccc(OC)c(Br)c2)[C@@H](O)[C@H](O)[C@H](O)CO)cc1Br. The standard InChI is InChI=1S/C24H30Br2N6O6S2/c1-37-19-5-3-13(7-15(19)25)9-27-23(39)31-29-11-17(21(35)22(36)18(34)12-33)30-32-24(40)28-10-14-4-6-20(38-2)16(26)8-14/h3-8,11,18,21-22,33-36H,9-10,12H2,1-2H3,(H2,27,31,39)(H2,28,32,40)/b29-11-,30-17?/t18-,21-,22-/m1/s1. The molecular formula is C24H30Br2N6O6S2. The maximum absolute atomic E-state index is 10.5. The lowest BCUT2D eigenvalue weighted by Crippen LogP contribution is -2.45. The van der Waals surface area contributed by atoms with Crippen molar-refractivity contribution in [1.29, 1.82) is 0 Å². The van der Waals surface area contributed by atoms with Crippen molar-refractivity contribution in [2.45, 2.75) is 31.4 Å². The monoisotopic (exact) mass is 720 g/mol. The van der Waals surface area contributed by atoms with E-state index in [1.807, 2.05) is 30.3 Å². The van der Waals surface area contributed by atoms with Gasteiger partial charge in [0.15, 0.2) is 10.2 Å². The fraction of sp³-hybridized carbons (Fsp3) is 0.333. The molecule has 2 aromatic rings. The van der Waals surface area contributed by atoms with Gasteiger partial charge < -0.3 is 40.5 Å². The molecule has 0 aliphatic carbocycles. The van der Waals surface area contributed by atoms with E-state index in [0.717, 1.165) is 26.3 Å². The molecule has 0 bridgehead atoms. The minimum Gasteiger partial charge on any atom is -0.496 e. The third-order valence-corrected chi connectivity index (χ3v) is 6.91. The highest BCUT2D eigenvalue weighted by Gasteiger charge is 2.28. The third-order valence-electron chi connectivity index (χ3n) is 5.20. The summed E-state index contributed by atoms with van der Waals surface area (Å²) in [4.78, 5) is 0. The Kier molecular flexibility index (Phi) is 14.7. The summed E-state index contributed by atoms with van der Waals surface area (Å²) >= 11 is 17.3. The first-order valence-corrected chi connectivity index (χ1v) is 14.0. The number of halogens is 2. The van der Waals surface area contributed by atoms with Crippen LogP contribution < -0.4 is 31.0 Å². The van der Waals surface area contributed by atoms with Crippen molar-refractivity contribution in [2.24, 2.45) is 10.2 Å². The number of thiocarbonyl (C=S) groups is 2. The zero-order valence-corrected chi connectivity index (χ0v) is 26.3. The number of hydrogen-bond donors (Lipinski definition) is 8. The second-order valence-corrected chi connectivity index (χ2v) is 10.5. The maximum atomic E-state index is 10.5. The summed E-state index contributed by atoms with van der Waals surface area (Å²) < 4.78 is 12.0. The summed E-state index contributed by atoms with van der Waals surface area (Å²) in [6.45, 7) is -0.0313. The Labute approximate surface area is 259 Å². The van der Waals surface area contributed by atoms with Gasteiger partial charge in [-0.25, -0.2) is 0 Å². The number of aliphatic hydroxyl groups is 4. The Balaban J connectivity index is 2.00. The van der Waals surface area contributed by atoms with Crippen LogP contribution in [-0.2, 0) is 13.1 Å². The van der Waals surface area contributed by atoms with Crippen LogP contribution in [0.1, 0.15) is 11.1 Å². The molecule has 0 fully saturated rings. The van der Waals surface area contributed by atoms with Crippen molar-refractivity contribution in [3.63, 3.8) is 0 Å². The summed E-state index contributed by atoms with van der Waals surface area (Å²) in [6.07, 6.45) is -4.01. The van der Waals surface area contributed by atoms with Crippen LogP contribution in [0.5, 0.6) is 11.5 Å². The lowest BCUT2D eigenvalue weighted by Gasteiger charge is -2.21. The van der Waals surface area contributed by atoms with Gasteiger partial charge >= 0.3 is 0 Å². The van der Waals surface area contributed by atoms with Gasteiger partial charge in [0.1, 0.15) is 35.5 Å². The minimum absolute atomic E-state index is 0.109. The van der Waals surface area contributed by atoms with Gasteiger partial charge in [-0.3, -0.25) is 10.9 Å². The van der Waals surface area contributed by atoms with Crippen LogP contribution in [0.25, 0.3) is 0 Å². The van der Waals surface area contributed by atoms with Crippen molar-refractivity contribution in [3.8, 4) is 11.5 Å². The number of hydrogen-bond acceptors (Lipinski definition) is 10. The van der Waals surface area contributed by atoms with Gasteiger partial charge in [0.05, 0.1) is 36.0 Å². The highest BCUT2D eigenvalue weighted by molar-refractivity contribution is 9.10. The molecule has 3 atom stereocenters. The van der Waals surface area contributed by atoms with Crippen LogP contribution in [0.15, 0.2) is 55.5 Å². The van der Waals surface area contributed by atoms with Crippen LogP contribution in [0.3, 0.4) is 0 Å². The molecule has 0 saturated carbocycles. The first-order valence-electron chi connectivity index (χ1n) is 11.6. The Bertz CT molecular complexity index is 1220. The van der Waals surface area contributed by atoms with E-state index in [1.165, 1.54) is 0 Å². The number of rotatable bonds is 13. The van der Waals surface area contributed by atoms with Gasteiger partial charge in [0.2, 0.25) is 0 Å². The summed E-state index contributed by atoms with van der Waals surface area (Å²) in [7, 11) is 3.15. The van der Waals surface area contributed by atoms with E-state index >= 15 is 0 Å². The number of aliphatic hydroxyl groups excluding tert-OH is 4. The van der Waals surface area contributed by atoms with Gasteiger partial charge in [0.25, 0.3) is 0 Å². The molecule has 2 rings (SSSR count). The van der Waals surface area contributed by atoms with E-state index in [2.05, 4.69) is 63.5 Å². The molecule has 16 heteroatoms. The normalized spacial score (nSPS) is 13.8. The first-order chi connectivity index (χ1) is 19.1. The number of ether oxygens (including phenoxy) is 2. The average Bonchev–Trinajstić information content (AvgIpc) is 2.95. The molecular weight excluding hydrogens is 692 g/mol. The van der Waals surface area contributed by atoms with Crippen molar-refractivity contribution in [2.75, 3.05) is 20.8 Å². The minimum atomic E-state index is -1.76. The number of hydrazone groups is 2. The fourth-order valence-electron chi connectivity index (χ4n) is 3.02. The van der Waals surface area contributed by atoms with Crippen LogP contribution in [-0.4, -0.2) is 81.7 Å². The van der Waals surface area contributed by atoms with E-state index in [1.54, 1.807) is 20.3 Å². The number of benzene rings is 2. The summed E-state index contributed by atoms with van der Waals surface area (Å²) in [5, 5.41) is 53.7. The van der Waals surface area contributed by atoms with Crippen LogP contribution >= 0.6 is 56.3 Å². The van der Waals surface area contributed by atoms with E-state index in [4.69, 9.17) is 39.0 Å². The molecule has 0 amide bonds. The topological polar surface area (TPSA) is 172 Å². The Morgan fingerprint density at radius 1 is 0.900 bits per heavy atom. The Morgan fingerprint density at radius 3 is 1.85 bits per heavy atom. The lowest BCUT2D eigenvalue weighted by atomic mass is 10.0. The highest BCUT2D eigenvalue weighted by atomic mass is 79.9. The second-order valence-electron chi connectivity index (χ2n) is 8.01. The molecule has 0 spiro atoms.